The molecule has 0 N–H and O–H groups in total. The predicted octanol–water partition coefficient (Wildman–Crippen LogP) is 3.62. The fourth-order valence-electron chi connectivity index (χ4n) is 2.40. The van der Waals surface area contributed by atoms with Gasteiger partial charge in [-0.3, -0.25) is 0 Å². The molecule has 0 radical (unpaired) electrons. The van der Waals surface area contributed by atoms with E-state index < -0.39 is 13.3 Å². The molecule has 86 valence electrons. The summed E-state index contributed by atoms with van der Waals surface area (Å²) >= 11 is -0.195. The van der Waals surface area contributed by atoms with E-state index in [0.717, 1.165) is 10.8 Å². The van der Waals surface area contributed by atoms with Crippen LogP contribution >= 0.6 is 11.8 Å². The molecule has 1 aromatic rings. The maximum absolute atomic E-state index is 12.6. The molecular weight excluding hydrogens is 277 g/mol. The van der Waals surface area contributed by atoms with E-state index in [1.54, 1.807) is 0 Å². The van der Waals surface area contributed by atoms with Crippen LogP contribution in [0.1, 0.15) is 17.3 Å². The fraction of sp³-hybridized carbons (Fsp3) is 0.462. The zero-order valence-electron chi connectivity index (χ0n) is 9.74. The minimum atomic E-state index is -2.21. The van der Waals surface area contributed by atoms with Gasteiger partial charge in [-0.05, 0) is 0 Å². The van der Waals surface area contributed by atoms with Gasteiger partial charge in [0.1, 0.15) is 0 Å². The van der Waals surface area contributed by atoms with Crippen molar-refractivity contribution in [1.82, 2.24) is 0 Å². The Bertz CT molecular complexity index is 357. The molecule has 1 nitrogen and oxygen atoms in total. The van der Waals surface area contributed by atoms with Crippen LogP contribution < -0.4 is 0 Å². The first kappa shape index (κ1) is 12.2. The van der Waals surface area contributed by atoms with Gasteiger partial charge in [-0.1, -0.05) is 0 Å². The van der Waals surface area contributed by atoms with Gasteiger partial charge in [0.2, 0.25) is 0 Å². The summed E-state index contributed by atoms with van der Waals surface area (Å²) in [7, 11) is 0. The summed E-state index contributed by atoms with van der Waals surface area (Å²) in [6.45, 7) is 2.23. The molecule has 1 aromatic carbocycles. The molecule has 0 amide bonds. The van der Waals surface area contributed by atoms with Crippen molar-refractivity contribution in [3.05, 3.63) is 35.9 Å². The van der Waals surface area contributed by atoms with Crippen LogP contribution in [0.3, 0.4) is 0 Å². The summed E-state index contributed by atoms with van der Waals surface area (Å²) in [6.07, 6.45) is 0. The van der Waals surface area contributed by atoms with Gasteiger partial charge >= 0.3 is 105 Å². The van der Waals surface area contributed by atoms with Crippen molar-refractivity contribution in [3.8, 4) is 0 Å². The second-order valence-electron chi connectivity index (χ2n) is 4.44. The van der Waals surface area contributed by atoms with Crippen LogP contribution in [-0.4, -0.2) is 29.4 Å². The van der Waals surface area contributed by atoms with Crippen LogP contribution in [0.25, 0.3) is 0 Å². The fourth-order valence-corrected chi connectivity index (χ4v) is 15.7. The molecule has 1 fully saturated rings. The number of thioether (sulfide) groups is 1. The van der Waals surface area contributed by atoms with E-state index in [2.05, 4.69) is 6.92 Å². The molecule has 1 aliphatic heterocycles. The SMILES string of the molecule is C[CH2][Ge]1([C](=O)c2ccccc2)[CH2]CSC[CH2]1. The van der Waals surface area contributed by atoms with Crippen molar-refractivity contribution >= 4 is 29.6 Å². The average molecular weight is 295 g/mol. The molecule has 0 unspecified atom stereocenters. The van der Waals surface area contributed by atoms with Gasteiger partial charge in [0.05, 0.1) is 0 Å². The maximum atomic E-state index is 12.6. The second kappa shape index (κ2) is 5.41. The zero-order valence-corrected chi connectivity index (χ0v) is 12.7. The first-order chi connectivity index (χ1) is 7.78. The van der Waals surface area contributed by atoms with Gasteiger partial charge in [-0.2, -0.15) is 0 Å². The van der Waals surface area contributed by atoms with Gasteiger partial charge in [0.15, 0.2) is 0 Å². The van der Waals surface area contributed by atoms with Crippen LogP contribution in [0.5, 0.6) is 0 Å². The Balaban J connectivity index is 2.24. The molecule has 16 heavy (non-hydrogen) atoms. The Hall–Kier alpha value is -0.217. The molecule has 0 spiro atoms. The summed E-state index contributed by atoms with van der Waals surface area (Å²) in [4.78, 5) is 12.6. The van der Waals surface area contributed by atoms with Crippen molar-refractivity contribution in [2.45, 2.75) is 22.7 Å². The van der Waals surface area contributed by atoms with Crippen molar-refractivity contribution in [1.29, 1.82) is 0 Å². The summed E-state index contributed by atoms with van der Waals surface area (Å²) in [5, 5.41) is 3.62. The Morgan fingerprint density at radius 3 is 2.44 bits per heavy atom. The molecule has 0 aliphatic carbocycles. The Labute approximate surface area is 104 Å². The standard InChI is InChI=1S/C13H18GeOS/c1-2-14(8-10-16-11-9-14)13(15)12-6-4-3-5-7-12/h3-7H,2,8-11H2,1H3. The monoisotopic (exact) mass is 296 g/mol. The summed E-state index contributed by atoms with van der Waals surface area (Å²) < 4.78 is 0.545. The second-order valence-corrected chi connectivity index (χ2v) is 15.6. The molecule has 1 saturated heterocycles. The van der Waals surface area contributed by atoms with Crippen molar-refractivity contribution in [2.75, 3.05) is 11.5 Å². The van der Waals surface area contributed by atoms with Crippen LogP contribution in [0.15, 0.2) is 30.3 Å². The van der Waals surface area contributed by atoms with Gasteiger partial charge in [0, 0.05) is 0 Å². The van der Waals surface area contributed by atoms with E-state index >= 15 is 0 Å². The molecule has 0 bridgehead atoms. The van der Waals surface area contributed by atoms with Crippen LogP contribution in [0.4, 0.5) is 0 Å². The van der Waals surface area contributed by atoms with Crippen molar-refractivity contribution < 1.29 is 4.79 Å². The predicted molar refractivity (Wildman–Crippen MR) is 73.9 cm³/mol. The number of rotatable bonds is 3. The van der Waals surface area contributed by atoms with E-state index in [0.29, 0.717) is 4.62 Å². The normalized spacial score (nSPS) is 19.3. The molecule has 1 aliphatic rings. The zero-order chi connectivity index (χ0) is 11.4. The third-order valence-electron chi connectivity index (χ3n) is 3.64. The van der Waals surface area contributed by atoms with Crippen molar-refractivity contribution in [3.63, 3.8) is 0 Å². The third-order valence-corrected chi connectivity index (χ3v) is 16.7. The first-order valence-corrected chi connectivity index (χ1v) is 12.6. The quantitative estimate of drug-likeness (QED) is 0.792. The number of carbonyl (C=O) groups is 1. The average Bonchev–Trinajstić information content (AvgIpc) is 2.39. The van der Waals surface area contributed by atoms with Crippen LogP contribution in [0.2, 0.25) is 15.8 Å². The summed E-state index contributed by atoms with van der Waals surface area (Å²) in [5.74, 6) is 2.43. The molecule has 0 saturated carbocycles. The Morgan fingerprint density at radius 2 is 1.88 bits per heavy atom. The molecule has 2 rings (SSSR count). The van der Waals surface area contributed by atoms with Crippen LogP contribution in [-0.2, 0) is 0 Å². The van der Waals surface area contributed by atoms with E-state index in [1.165, 1.54) is 22.0 Å². The van der Waals surface area contributed by atoms with E-state index in [1.807, 2.05) is 42.1 Å². The van der Waals surface area contributed by atoms with E-state index in [9.17, 15) is 4.79 Å². The summed E-state index contributed by atoms with van der Waals surface area (Å²) in [5.41, 5.74) is 0.969. The van der Waals surface area contributed by atoms with Gasteiger partial charge in [-0.25, -0.2) is 0 Å². The van der Waals surface area contributed by atoms with Crippen molar-refractivity contribution in [2.24, 2.45) is 0 Å². The van der Waals surface area contributed by atoms with Gasteiger partial charge in [0.25, 0.3) is 0 Å². The number of carbonyl (C=O) groups excluding carboxylic acids is 1. The van der Waals surface area contributed by atoms with Crippen LogP contribution in [0, 0.1) is 0 Å². The molecule has 3 heteroatoms. The number of hydrogen-bond acceptors (Lipinski definition) is 2. The first-order valence-electron chi connectivity index (χ1n) is 5.96. The van der Waals surface area contributed by atoms with Gasteiger partial charge < -0.3 is 0 Å². The third kappa shape index (κ3) is 2.38. The molecular formula is C13H18GeOS. The topological polar surface area (TPSA) is 17.1 Å². The number of benzene rings is 1. The van der Waals surface area contributed by atoms with E-state index in [4.69, 9.17) is 0 Å². The van der Waals surface area contributed by atoms with E-state index in [-0.39, 0.29) is 0 Å². The number of hydrogen-bond donors (Lipinski definition) is 0. The molecule has 0 aromatic heterocycles. The Kier molecular flexibility index (Phi) is 4.14. The molecule has 1 heterocycles. The minimum absolute atomic E-state index is 0.545. The van der Waals surface area contributed by atoms with Gasteiger partial charge in [-0.15, -0.1) is 0 Å². The molecule has 0 atom stereocenters. The Morgan fingerprint density at radius 1 is 1.25 bits per heavy atom. The summed E-state index contributed by atoms with van der Waals surface area (Å²) in [6, 6.07) is 9.94.